The smallest absolute Gasteiger partial charge is 0.332 e. The van der Waals surface area contributed by atoms with Crippen molar-refractivity contribution in [2.24, 2.45) is 0 Å². The van der Waals surface area contributed by atoms with Crippen LogP contribution in [0.15, 0.2) is 72.9 Å². The molecular weight excluding hydrogens is 360 g/mol. The zero-order valence-electron chi connectivity index (χ0n) is 18.3. The van der Waals surface area contributed by atoms with Crippen LogP contribution < -0.4 is 0 Å². The lowest BCUT2D eigenvalue weighted by molar-refractivity contribution is -0.150. The lowest BCUT2D eigenvalue weighted by atomic mass is 10.2. The minimum atomic E-state index is -0.874. The number of carbonyl (C=O) groups is 1. The average molecular weight is 401 g/mol. The summed E-state index contributed by atoms with van der Waals surface area (Å²) in [5.41, 5.74) is 0. The zero-order valence-corrected chi connectivity index (χ0v) is 18.3. The monoisotopic (exact) mass is 400 g/mol. The van der Waals surface area contributed by atoms with Crippen molar-refractivity contribution in [1.82, 2.24) is 0 Å². The second kappa shape index (κ2) is 22.2. The Kier molecular flexibility index (Phi) is 20.5. The van der Waals surface area contributed by atoms with Crippen molar-refractivity contribution in [1.29, 1.82) is 0 Å². The van der Waals surface area contributed by atoms with E-state index in [1.165, 1.54) is 0 Å². The number of hydrogen-bond acceptors (Lipinski definition) is 2. The van der Waals surface area contributed by atoms with Crippen molar-refractivity contribution in [2.75, 3.05) is 6.61 Å². The number of unbranched alkanes of at least 4 members (excludes halogenated alkanes) is 1. The normalized spacial score (nSPS) is 14.0. The number of aliphatic carboxylic acids is 1. The molecule has 0 rings (SSSR count). The lowest BCUT2D eigenvalue weighted by Gasteiger charge is -2.10. The molecule has 162 valence electrons. The zero-order chi connectivity index (χ0) is 21.4. The summed E-state index contributed by atoms with van der Waals surface area (Å²) in [4.78, 5) is 10.8. The van der Waals surface area contributed by atoms with Gasteiger partial charge in [-0.3, -0.25) is 0 Å². The predicted octanol–water partition coefficient (Wildman–Crippen LogP) is 7.34. The minimum absolute atomic E-state index is 0.497. The van der Waals surface area contributed by atoms with E-state index in [-0.39, 0.29) is 0 Å². The summed E-state index contributed by atoms with van der Waals surface area (Å²) in [6.45, 7) is 4.47. The Labute approximate surface area is 178 Å². The van der Waals surface area contributed by atoms with Crippen LogP contribution in [0.25, 0.3) is 0 Å². The van der Waals surface area contributed by atoms with E-state index in [9.17, 15) is 4.79 Å². The molecular formula is C26H40O3. The summed E-state index contributed by atoms with van der Waals surface area (Å²) in [6, 6.07) is 0. The van der Waals surface area contributed by atoms with Gasteiger partial charge in [0.1, 0.15) is 0 Å². The van der Waals surface area contributed by atoms with Gasteiger partial charge in [-0.2, -0.15) is 0 Å². The van der Waals surface area contributed by atoms with E-state index in [1.54, 1.807) is 0 Å². The van der Waals surface area contributed by atoms with Gasteiger partial charge in [-0.25, -0.2) is 4.79 Å². The van der Waals surface area contributed by atoms with Crippen molar-refractivity contribution < 1.29 is 14.6 Å². The second-order valence-electron chi connectivity index (χ2n) is 6.66. The van der Waals surface area contributed by atoms with Crippen LogP contribution in [0.5, 0.6) is 0 Å². The lowest BCUT2D eigenvalue weighted by Crippen LogP contribution is -2.23. The van der Waals surface area contributed by atoms with Crippen molar-refractivity contribution in [3.63, 3.8) is 0 Å². The molecule has 0 amide bonds. The highest BCUT2D eigenvalue weighted by Crippen LogP contribution is 2.02. The van der Waals surface area contributed by atoms with Crippen LogP contribution >= 0.6 is 0 Å². The highest BCUT2D eigenvalue weighted by Gasteiger charge is 2.14. The fraction of sp³-hybridized carbons (Fsp3) is 0.500. The van der Waals surface area contributed by atoms with E-state index < -0.39 is 12.1 Å². The number of ether oxygens (including phenoxy) is 1. The highest BCUT2D eigenvalue weighted by atomic mass is 16.5. The first-order valence-electron chi connectivity index (χ1n) is 11.0. The molecule has 1 unspecified atom stereocenters. The summed E-state index contributed by atoms with van der Waals surface area (Å²) < 4.78 is 5.32. The first-order chi connectivity index (χ1) is 14.2. The van der Waals surface area contributed by atoms with Gasteiger partial charge in [-0.15, -0.1) is 0 Å². The average Bonchev–Trinajstić information content (AvgIpc) is 2.71. The quantitative estimate of drug-likeness (QED) is 0.193. The van der Waals surface area contributed by atoms with Crippen LogP contribution in [-0.4, -0.2) is 23.8 Å². The number of rotatable bonds is 18. The molecule has 0 aromatic rings. The maximum Gasteiger partial charge on any atom is 0.332 e. The van der Waals surface area contributed by atoms with Gasteiger partial charge in [0.25, 0.3) is 0 Å². The van der Waals surface area contributed by atoms with Gasteiger partial charge in [0.15, 0.2) is 6.10 Å². The molecule has 0 aromatic carbocycles. The third-order valence-electron chi connectivity index (χ3n) is 4.08. The Morgan fingerprint density at radius 3 is 1.52 bits per heavy atom. The molecule has 29 heavy (non-hydrogen) atoms. The van der Waals surface area contributed by atoms with Crippen LogP contribution in [0.2, 0.25) is 0 Å². The molecule has 0 radical (unpaired) electrons. The maximum atomic E-state index is 10.8. The van der Waals surface area contributed by atoms with Crippen LogP contribution in [-0.2, 0) is 9.53 Å². The first-order valence-corrected chi connectivity index (χ1v) is 11.0. The minimum Gasteiger partial charge on any atom is -0.479 e. The summed E-state index contributed by atoms with van der Waals surface area (Å²) in [6.07, 6.45) is 33.9. The number of carboxylic acids is 1. The van der Waals surface area contributed by atoms with E-state index in [0.29, 0.717) is 13.0 Å². The molecule has 0 saturated heterocycles. The summed E-state index contributed by atoms with van der Waals surface area (Å²) in [7, 11) is 0. The Hall–Kier alpha value is -2.13. The van der Waals surface area contributed by atoms with Crippen LogP contribution in [0.1, 0.15) is 71.6 Å². The van der Waals surface area contributed by atoms with E-state index in [2.05, 4.69) is 79.8 Å². The molecule has 0 aliphatic carbocycles. The van der Waals surface area contributed by atoms with Crippen molar-refractivity contribution in [3.05, 3.63) is 72.9 Å². The molecule has 0 aliphatic rings. The molecule has 1 N–H and O–H groups in total. The number of hydrogen-bond donors (Lipinski definition) is 1. The third kappa shape index (κ3) is 20.4. The third-order valence-corrected chi connectivity index (χ3v) is 4.08. The first kappa shape index (κ1) is 26.9. The maximum absolute atomic E-state index is 10.8. The highest BCUT2D eigenvalue weighted by molar-refractivity contribution is 5.72. The molecule has 0 heterocycles. The largest absolute Gasteiger partial charge is 0.479 e. The SMILES string of the molecule is CCC=CCC=CCC=CCC=CCC=CCC=CCCCOC(CC)C(=O)O. The van der Waals surface area contributed by atoms with Crippen molar-refractivity contribution in [2.45, 2.75) is 77.7 Å². The van der Waals surface area contributed by atoms with Crippen LogP contribution in [0, 0.1) is 0 Å². The standard InChI is InChI=1S/C26H40O3/c1-3-5-6-7-8-9-10-11-12-13-14-15-16-17-18-19-20-21-22-23-24-29-25(4-2)26(27)28/h5-6,8-9,11-12,14-15,17-18,20-21,25H,3-4,7,10,13,16,19,22-24H2,1-2H3,(H,27,28). The second-order valence-corrected chi connectivity index (χ2v) is 6.66. The molecule has 0 aliphatic heterocycles. The molecule has 3 heteroatoms. The van der Waals surface area contributed by atoms with Crippen molar-refractivity contribution >= 4 is 5.97 Å². The van der Waals surface area contributed by atoms with E-state index in [1.807, 2.05) is 6.92 Å². The Balaban J connectivity index is 3.56. The predicted molar refractivity (Wildman–Crippen MR) is 125 cm³/mol. The fourth-order valence-corrected chi connectivity index (χ4v) is 2.43. The van der Waals surface area contributed by atoms with Crippen LogP contribution in [0.4, 0.5) is 0 Å². The molecule has 3 nitrogen and oxygen atoms in total. The Morgan fingerprint density at radius 1 is 0.724 bits per heavy atom. The van der Waals surface area contributed by atoms with Gasteiger partial charge < -0.3 is 9.84 Å². The van der Waals surface area contributed by atoms with Gasteiger partial charge >= 0.3 is 5.97 Å². The Morgan fingerprint density at radius 2 is 1.14 bits per heavy atom. The van der Waals surface area contributed by atoms with Crippen LogP contribution in [0.3, 0.4) is 0 Å². The van der Waals surface area contributed by atoms with Crippen molar-refractivity contribution in [3.8, 4) is 0 Å². The topological polar surface area (TPSA) is 46.5 Å². The van der Waals surface area contributed by atoms with Gasteiger partial charge in [-0.1, -0.05) is 86.8 Å². The number of allylic oxidation sites excluding steroid dienone is 12. The molecule has 0 spiro atoms. The van der Waals surface area contributed by atoms with Gasteiger partial charge in [0, 0.05) is 6.61 Å². The molecule has 0 saturated carbocycles. The molecule has 1 atom stereocenters. The van der Waals surface area contributed by atoms with Gasteiger partial charge in [0.2, 0.25) is 0 Å². The summed E-state index contributed by atoms with van der Waals surface area (Å²) in [5.74, 6) is -0.874. The summed E-state index contributed by atoms with van der Waals surface area (Å²) in [5, 5.41) is 8.88. The van der Waals surface area contributed by atoms with Gasteiger partial charge in [-0.05, 0) is 57.8 Å². The van der Waals surface area contributed by atoms with Gasteiger partial charge in [0.05, 0.1) is 0 Å². The number of carboxylic acid groups (broad SMARTS) is 1. The Bertz CT molecular complexity index is 550. The fourth-order valence-electron chi connectivity index (χ4n) is 2.43. The summed E-state index contributed by atoms with van der Waals surface area (Å²) >= 11 is 0. The van der Waals surface area contributed by atoms with E-state index in [4.69, 9.17) is 9.84 Å². The molecule has 0 bridgehead atoms. The van der Waals surface area contributed by atoms with E-state index >= 15 is 0 Å². The molecule has 0 aromatic heterocycles. The molecule has 0 fully saturated rings. The van der Waals surface area contributed by atoms with E-state index in [0.717, 1.165) is 51.4 Å².